The van der Waals surface area contributed by atoms with Crippen LogP contribution < -0.4 is 14.4 Å². The fraction of sp³-hybridized carbons (Fsp3) is 0.559. The van der Waals surface area contributed by atoms with Crippen LogP contribution in [-0.2, 0) is 26.6 Å². The number of aliphatic hydroxyl groups is 1. The summed E-state index contributed by atoms with van der Waals surface area (Å²) in [5.41, 5.74) is 2.44. The lowest BCUT2D eigenvalue weighted by Gasteiger charge is -2.50. The number of rotatable bonds is 10. The highest BCUT2D eigenvalue weighted by molar-refractivity contribution is 7.90. The first-order valence-electron chi connectivity index (χ1n) is 15.7. The second-order valence-corrected chi connectivity index (χ2v) is 15.6. The SMILES string of the molecule is CC/C=C/[C@](CO)(OC)[C@@H]1CC[C@H]1CN1C[C@@]2(CCCc3cc(Cl)ccc32)COc2ccc(C(=O)NS(=O)(=O)C(C)C)cc21. The number of nitrogens with zero attached hydrogens (tertiary/aromatic N) is 1. The fourth-order valence-electron chi connectivity index (χ4n) is 7.17. The molecule has 8 nitrogen and oxygen atoms in total. The molecule has 0 aromatic heterocycles. The van der Waals surface area contributed by atoms with Crippen LogP contribution in [-0.4, -0.2) is 63.7 Å². The Labute approximate surface area is 266 Å². The number of allylic oxidation sites excluding steroid dienone is 1. The number of benzene rings is 2. The van der Waals surface area contributed by atoms with Gasteiger partial charge in [0.1, 0.15) is 11.4 Å². The lowest BCUT2D eigenvalue weighted by Crippen LogP contribution is -2.54. The maximum absolute atomic E-state index is 13.2. The first-order valence-corrected chi connectivity index (χ1v) is 17.6. The molecular weight excluding hydrogens is 600 g/mol. The number of carbonyl (C=O) groups is 1. The van der Waals surface area contributed by atoms with E-state index in [4.69, 9.17) is 21.1 Å². The largest absolute Gasteiger partial charge is 0.490 e. The number of carbonyl (C=O) groups excluding carboxylic acids is 1. The number of amides is 1. The molecule has 1 fully saturated rings. The smallest absolute Gasteiger partial charge is 0.264 e. The number of sulfonamides is 1. The molecule has 1 saturated carbocycles. The average molecular weight is 645 g/mol. The molecule has 0 radical (unpaired) electrons. The molecule has 2 aromatic carbocycles. The van der Waals surface area contributed by atoms with E-state index in [0.29, 0.717) is 25.4 Å². The van der Waals surface area contributed by atoms with E-state index in [9.17, 15) is 18.3 Å². The Balaban J connectivity index is 1.54. The van der Waals surface area contributed by atoms with Crippen molar-refractivity contribution in [3.63, 3.8) is 0 Å². The van der Waals surface area contributed by atoms with E-state index in [1.807, 2.05) is 12.1 Å². The number of aliphatic hydroxyl groups excluding tert-OH is 1. The minimum Gasteiger partial charge on any atom is -0.490 e. The van der Waals surface area contributed by atoms with Crippen molar-refractivity contribution in [1.29, 1.82) is 0 Å². The van der Waals surface area contributed by atoms with Gasteiger partial charge in [-0.2, -0.15) is 0 Å². The number of anilines is 1. The molecule has 2 aliphatic carbocycles. The molecule has 3 aliphatic rings. The Morgan fingerprint density at radius 1 is 1.27 bits per heavy atom. The second-order valence-electron chi connectivity index (χ2n) is 12.9. The van der Waals surface area contributed by atoms with Crippen LogP contribution in [0, 0.1) is 11.8 Å². The lowest BCUT2D eigenvalue weighted by molar-refractivity contribution is -0.103. The summed E-state index contributed by atoms with van der Waals surface area (Å²) in [7, 11) is -2.13. The standard InChI is InChI=1S/C34H45ClN2O6S/c1-5-6-16-34(21-38,42-4)29-12-9-26(29)19-37-20-33(15-7-8-24-17-27(35)11-13-28(24)33)22-43-31-14-10-25(18-30(31)37)32(39)36-44(40,41)23(2)3/h6,10-11,13-14,16-18,23,26,29,38H,5,7-9,12,15,19-22H2,1-4H3,(H,36,39)/b16-6+/t26-,29+,33-,34+/m0/s1. The van der Waals surface area contributed by atoms with Gasteiger partial charge in [0, 0.05) is 36.2 Å². The highest BCUT2D eigenvalue weighted by Gasteiger charge is 2.48. The maximum atomic E-state index is 13.2. The Morgan fingerprint density at radius 3 is 2.73 bits per heavy atom. The molecule has 10 heteroatoms. The molecular formula is C34H45ClN2O6S. The predicted octanol–water partition coefficient (Wildman–Crippen LogP) is 5.65. The van der Waals surface area contributed by atoms with Gasteiger partial charge >= 0.3 is 0 Å². The normalized spacial score (nSPS) is 24.7. The molecule has 2 N–H and O–H groups in total. The van der Waals surface area contributed by atoms with E-state index >= 15 is 0 Å². The summed E-state index contributed by atoms with van der Waals surface area (Å²) in [4.78, 5) is 15.5. The van der Waals surface area contributed by atoms with Gasteiger partial charge in [-0.05, 0) is 106 Å². The molecule has 240 valence electrons. The molecule has 5 rings (SSSR count). The van der Waals surface area contributed by atoms with Gasteiger partial charge in [0.15, 0.2) is 0 Å². The van der Waals surface area contributed by atoms with Crippen molar-refractivity contribution < 1.29 is 27.8 Å². The molecule has 1 aliphatic heterocycles. The number of ether oxygens (including phenoxy) is 2. The number of nitrogens with one attached hydrogen (secondary N) is 1. The van der Waals surface area contributed by atoms with Gasteiger partial charge in [-0.25, -0.2) is 13.1 Å². The van der Waals surface area contributed by atoms with E-state index in [1.165, 1.54) is 25.0 Å². The number of fused-ring (bicyclic) bond motifs is 3. The third-order valence-corrected chi connectivity index (χ3v) is 11.9. The number of hydrogen-bond donors (Lipinski definition) is 2. The summed E-state index contributed by atoms with van der Waals surface area (Å²) in [5, 5.41) is 10.5. The van der Waals surface area contributed by atoms with Crippen LogP contribution in [0.4, 0.5) is 5.69 Å². The van der Waals surface area contributed by atoms with Crippen LogP contribution >= 0.6 is 11.6 Å². The lowest BCUT2D eigenvalue weighted by atomic mass is 9.64. The third kappa shape index (κ3) is 6.26. The molecule has 4 atom stereocenters. The highest BCUT2D eigenvalue weighted by Crippen LogP contribution is 2.48. The molecule has 0 unspecified atom stereocenters. The van der Waals surface area contributed by atoms with Gasteiger partial charge < -0.3 is 19.5 Å². The fourth-order valence-corrected chi connectivity index (χ4v) is 7.98. The predicted molar refractivity (Wildman–Crippen MR) is 174 cm³/mol. The van der Waals surface area contributed by atoms with Crippen LogP contribution in [0.3, 0.4) is 0 Å². The molecule has 1 heterocycles. The number of aryl methyl sites for hydroxylation is 1. The third-order valence-electron chi connectivity index (χ3n) is 9.92. The van der Waals surface area contributed by atoms with Crippen molar-refractivity contribution >= 4 is 33.2 Å². The number of methoxy groups -OCH3 is 1. The Morgan fingerprint density at radius 2 is 2.07 bits per heavy atom. The van der Waals surface area contributed by atoms with Crippen molar-refractivity contribution in [3.05, 3.63) is 70.3 Å². The molecule has 1 amide bonds. The van der Waals surface area contributed by atoms with Crippen LogP contribution in [0.25, 0.3) is 0 Å². The Kier molecular flexibility index (Phi) is 9.71. The summed E-state index contributed by atoms with van der Waals surface area (Å²) in [5.74, 6) is 0.332. The van der Waals surface area contributed by atoms with E-state index in [1.54, 1.807) is 25.3 Å². The monoisotopic (exact) mass is 644 g/mol. The molecule has 0 bridgehead atoms. The zero-order valence-corrected chi connectivity index (χ0v) is 27.7. The molecule has 44 heavy (non-hydrogen) atoms. The molecule has 0 saturated heterocycles. The van der Waals surface area contributed by atoms with E-state index in [-0.39, 0.29) is 29.4 Å². The minimum atomic E-state index is -3.80. The first kappa shape index (κ1) is 32.8. The minimum absolute atomic E-state index is 0.104. The second kappa shape index (κ2) is 13.0. The highest BCUT2D eigenvalue weighted by atomic mass is 35.5. The van der Waals surface area contributed by atoms with Crippen molar-refractivity contribution in [3.8, 4) is 5.75 Å². The van der Waals surface area contributed by atoms with E-state index in [0.717, 1.165) is 49.2 Å². The van der Waals surface area contributed by atoms with Gasteiger partial charge in [-0.15, -0.1) is 0 Å². The zero-order chi connectivity index (χ0) is 31.7. The van der Waals surface area contributed by atoms with Gasteiger partial charge in [0.25, 0.3) is 5.91 Å². The summed E-state index contributed by atoms with van der Waals surface area (Å²) < 4.78 is 39.8. The van der Waals surface area contributed by atoms with Crippen LogP contribution in [0.2, 0.25) is 5.02 Å². The summed E-state index contributed by atoms with van der Waals surface area (Å²) in [6, 6.07) is 11.3. The summed E-state index contributed by atoms with van der Waals surface area (Å²) in [6.07, 6.45) is 9.75. The van der Waals surface area contributed by atoms with Gasteiger partial charge in [0.2, 0.25) is 10.0 Å². The van der Waals surface area contributed by atoms with Gasteiger partial charge in [0.05, 0.1) is 24.2 Å². The topological polar surface area (TPSA) is 105 Å². The van der Waals surface area contributed by atoms with Crippen molar-refractivity contribution in [2.45, 2.75) is 75.6 Å². The quantitative estimate of drug-likeness (QED) is 0.322. The Hall–Kier alpha value is -2.59. The molecule has 2 aromatic rings. The van der Waals surface area contributed by atoms with Crippen molar-refractivity contribution in [2.75, 3.05) is 38.3 Å². The summed E-state index contributed by atoms with van der Waals surface area (Å²) in [6.45, 7) is 6.85. The van der Waals surface area contributed by atoms with Gasteiger partial charge in [-0.3, -0.25) is 4.79 Å². The Bertz CT molecular complexity index is 1510. The van der Waals surface area contributed by atoms with Crippen LogP contribution in [0.15, 0.2) is 48.6 Å². The maximum Gasteiger partial charge on any atom is 0.264 e. The van der Waals surface area contributed by atoms with Crippen LogP contribution in [0.1, 0.15) is 74.4 Å². The number of halogens is 1. The average Bonchev–Trinajstić information content (AvgIpc) is 3.13. The van der Waals surface area contributed by atoms with Gasteiger partial charge in [-0.1, -0.05) is 36.7 Å². The van der Waals surface area contributed by atoms with Crippen LogP contribution in [0.5, 0.6) is 5.75 Å². The number of hydrogen-bond acceptors (Lipinski definition) is 7. The summed E-state index contributed by atoms with van der Waals surface area (Å²) >= 11 is 6.41. The van der Waals surface area contributed by atoms with Crippen molar-refractivity contribution in [1.82, 2.24) is 4.72 Å². The van der Waals surface area contributed by atoms with E-state index < -0.39 is 26.8 Å². The van der Waals surface area contributed by atoms with E-state index in [2.05, 4.69) is 34.8 Å². The molecule has 1 spiro atoms. The first-order chi connectivity index (χ1) is 21.0. The zero-order valence-electron chi connectivity index (χ0n) is 26.1. The van der Waals surface area contributed by atoms with Crippen molar-refractivity contribution in [2.24, 2.45) is 11.8 Å².